The van der Waals surface area contributed by atoms with Crippen molar-refractivity contribution < 1.29 is 4.74 Å². The molecule has 1 aromatic heterocycles. The van der Waals surface area contributed by atoms with Crippen LogP contribution >= 0.6 is 11.6 Å². The zero-order valence-corrected chi connectivity index (χ0v) is 11.3. The highest BCUT2D eigenvalue weighted by Gasteiger charge is 2.35. The van der Waals surface area contributed by atoms with E-state index in [0.717, 1.165) is 12.1 Å². The lowest BCUT2D eigenvalue weighted by Gasteiger charge is -2.35. The highest BCUT2D eigenvalue weighted by Crippen LogP contribution is 2.34. The molecule has 0 radical (unpaired) electrons. The molecule has 1 aromatic rings. The van der Waals surface area contributed by atoms with Gasteiger partial charge in [-0.15, -0.1) is 0 Å². The van der Waals surface area contributed by atoms with Gasteiger partial charge in [0.1, 0.15) is 0 Å². The molecule has 2 atom stereocenters. The van der Waals surface area contributed by atoms with E-state index in [1.165, 1.54) is 0 Å². The van der Waals surface area contributed by atoms with E-state index in [0.29, 0.717) is 5.02 Å². The van der Waals surface area contributed by atoms with Crippen molar-refractivity contribution in [2.24, 2.45) is 7.05 Å². The monoisotopic (exact) mass is 245 g/mol. The number of nitrogens with zero attached hydrogens (tertiary/aromatic N) is 2. The number of hydrogen-bond donors (Lipinski definition) is 1. The molecule has 1 N–H and O–H groups in total. The maximum atomic E-state index is 6.16. The lowest BCUT2D eigenvalue weighted by molar-refractivity contribution is -0.0300. The molecule has 0 aliphatic carbocycles. The third kappa shape index (κ3) is 2.24. The second-order valence-electron chi connectivity index (χ2n) is 4.09. The van der Waals surface area contributed by atoms with Gasteiger partial charge >= 0.3 is 0 Å². The molecular weight excluding hydrogens is 226 g/mol. The second-order valence-corrected chi connectivity index (χ2v) is 4.50. The maximum Gasteiger partial charge on any atom is 0.0857 e. The summed E-state index contributed by atoms with van der Waals surface area (Å²) in [4.78, 5) is 0. The molecular formula is C11H20ClN3O. The van der Waals surface area contributed by atoms with Crippen LogP contribution in [0.5, 0.6) is 0 Å². The Bertz CT molecular complexity index is 327. The van der Waals surface area contributed by atoms with Gasteiger partial charge in [0.05, 0.1) is 28.6 Å². The Hall–Kier alpha value is -0.580. The normalized spacial score (nSPS) is 17.1. The van der Waals surface area contributed by atoms with Crippen molar-refractivity contribution in [2.45, 2.75) is 31.9 Å². The average Bonchev–Trinajstić information content (AvgIpc) is 2.61. The van der Waals surface area contributed by atoms with Gasteiger partial charge in [0.2, 0.25) is 0 Å². The van der Waals surface area contributed by atoms with Crippen LogP contribution in [0.2, 0.25) is 5.02 Å². The Morgan fingerprint density at radius 2 is 2.31 bits per heavy atom. The number of aromatic nitrogens is 2. The van der Waals surface area contributed by atoms with Crippen LogP contribution in [0.25, 0.3) is 0 Å². The molecule has 4 nitrogen and oxygen atoms in total. The number of ether oxygens (including phenoxy) is 1. The average molecular weight is 246 g/mol. The standard InChI is InChI=1S/C11H20ClN3O/c1-6-11(2,16-5)10(13-3)9-8(12)7-14-15(9)4/h7,10,13H,6H2,1-5H3. The molecule has 0 saturated carbocycles. The van der Waals surface area contributed by atoms with Gasteiger partial charge in [-0.2, -0.15) is 5.10 Å². The largest absolute Gasteiger partial charge is 0.376 e. The van der Waals surface area contributed by atoms with Gasteiger partial charge in [-0.05, 0) is 20.4 Å². The van der Waals surface area contributed by atoms with Crippen molar-refractivity contribution in [3.8, 4) is 0 Å². The molecule has 92 valence electrons. The fourth-order valence-electron chi connectivity index (χ4n) is 1.94. The molecule has 1 heterocycles. The van der Waals surface area contributed by atoms with E-state index in [4.69, 9.17) is 16.3 Å². The molecule has 0 aliphatic heterocycles. The van der Waals surface area contributed by atoms with E-state index in [2.05, 4.69) is 24.3 Å². The van der Waals surface area contributed by atoms with Gasteiger partial charge in [-0.1, -0.05) is 18.5 Å². The quantitative estimate of drug-likeness (QED) is 0.864. The molecule has 0 amide bonds. The summed E-state index contributed by atoms with van der Waals surface area (Å²) in [6, 6.07) is 0.0162. The highest BCUT2D eigenvalue weighted by atomic mass is 35.5. The van der Waals surface area contributed by atoms with Crippen molar-refractivity contribution in [3.05, 3.63) is 16.9 Å². The maximum absolute atomic E-state index is 6.16. The number of nitrogens with one attached hydrogen (secondary N) is 1. The first-order valence-corrected chi connectivity index (χ1v) is 5.77. The number of halogens is 1. The van der Waals surface area contributed by atoms with Gasteiger partial charge in [-0.25, -0.2) is 0 Å². The highest BCUT2D eigenvalue weighted by molar-refractivity contribution is 6.31. The second kappa shape index (κ2) is 5.17. The Kier molecular flexibility index (Phi) is 4.35. The van der Waals surface area contributed by atoms with Gasteiger partial charge in [0.15, 0.2) is 0 Å². The van der Waals surface area contributed by atoms with Crippen LogP contribution in [0.4, 0.5) is 0 Å². The minimum atomic E-state index is -0.299. The van der Waals surface area contributed by atoms with Crippen molar-refractivity contribution >= 4 is 11.6 Å². The Morgan fingerprint density at radius 3 is 2.62 bits per heavy atom. The zero-order valence-electron chi connectivity index (χ0n) is 10.5. The Morgan fingerprint density at radius 1 is 1.69 bits per heavy atom. The summed E-state index contributed by atoms with van der Waals surface area (Å²) >= 11 is 6.16. The number of methoxy groups -OCH3 is 1. The minimum Gasteiger partial charge on any atom is -0.376 e. The number of aryl methyl sites for hydroxylation is 1. The molecule has 5 heteroatoms. The van der Waals surface area contributed by atoms with Crippen molar-refractivity contribution in [3.63, 3.8) is 0 Å². The molecule has 0 saturated heterocycles. The summed E-state index contributed by atoms with van der Waals surface area (Å²) < 4.78 is 7.40. The molecule has 0 aromatic carbocycles. The smallest absolute Gasteiger partial charge is 0.0857 e. The summed E-state index contributed by atoms with van der Waals surface area (Å²) in [7, 11) is 5.51. The van der Waals surface area contributed by atoms with Crippen molar-refractivity contribution in [1.29, 1.82) is 0 Å². The zero-order chi connectivity index (χ0) is 12.3. The van der Waals surface area contributed by atoms with Gasteiger partial charge in [0, 0.05) is 14.2 Å². The third-order valence-corrected chi connectivity index (χ3v) is 3.57. The third-order valence-electron chi connectivity index (χ3n) is 3.28. The van der Waals surface area contributed by atoms with Crippen molar-refractivity contribution in [2.75, 3.05) is 14.2 Å². The van der Waals surface area contributed by atoms with E-state index in [1.54, 1.807) is 18.0 Å². The molecule has 0 aliphatic rings. The minimum absolute atomic E-state index is 0.0162. The molecule has 16 heavy (non-hydrogen) atoms. The van der Waals surface area contributed by atoms with E-state index in [1.807, 2.05) is 14.1 Å². The van der Waals surface area contributed by atoms with Crippen LogP contribution in [-0.4, -0.2) is 29.5 Å². The lowest BCUT2D eigenvalue weighted by atomic mass is 9.90. The molecule has 0 spiro atoms. The van der Waals surface area contributed by atoms with Crippen LogP contribution in [0.3, 0.4) is 0 Å². The fraction of sp³-hybridized carbons (Fsp3) is 0.727. The Labute approximate surface area is 102 Å². The van der Waals surface area contributed by atoms with Crippen molar-refractivity contribution in [1.82, 2.24) is 15.1 Å². The SMILES string of the molecule is CCC(C)(OC)C(NC)c1c(Cl)cnn1C. The van der Waals surface area contributed by atoms with E-state index in [-0.39, 0.29) is 11.6 Å². The van der Waals surface area contributed by atoms with Gasteiger partial charge in [-0.3, -0.25) is 4.68 Å². The molecule has 0 fully saturated rings. The van der Waals surface area contributed by atoms with Crippen LogP contribution < -0.4 is 5.32 Å². The molecule has 0 bridgehead atoms. The summed E-state index contributed by atoms with van der Waals surface area (Å²) in [6.45, 7) is 4.16. The van der Waals surface area contributed by atoms with Crippen LogP contribution in [0.1, 0.15) is 32.0 Å². The van der Waals surface area contributed by atoms with Gasteiger partial charge in [0.25, 0.3) is 0 Å². The molecule has 1 rings (SSSR count). The summed E-state index contributed by atoms with van der Waals surface area (Å²) in [5.74, 6) is 0. The Balaban J connectivity index is 3.17. The first-order chi connectivity index (χ1) is 7.50. The first-order valence-electron chi connectivity index (χ1n) is 5.40. The number of rotatable bonds is 5. The predicted octanol–water partition coefficient (Wildman–Crippen LogP) is 2.15. The van der Waals surface area contributed by atoms with E-state index >= 15 is 0 Å². The summed E-state index contributed by atoms with van der Waals surface area (Å²) in [6.07, 6.45) is 2.55. The first kappa shape index (κ1) is 13.5. The predicted molar refractivity (Wildman–Crippen MR) is 65.7 cm³/mol. The van der Waals surface area contributed by atoms with E-state index in [9.17, 15) is 0 Å². The van der Waals surface area contributed by atoms with Crippen LogP contribution in [-0.2, 0) is 11.8 Å². The topological polar surface area (TPSA) is 39.1 Å². The van der Waals surface area contributed by atoms with Crippen LogP contribution in [0, 0.1) is 0 Å². The van der Waals surface area contributed by atoms with Gasteiger partial charge < -0.3 is 10.1 Å². The number of likely N-dealkylation sites (N-methyl/N-ethyl adjacent to an activating group) is 1. The summed E-state index contributed by atoms with van der Waals surface area (Å²) in [5, 5.41) is 8.08. The summed E-state index contributed by atoms with van der Waals surface area (Å²) in [5.41, 5.74) is 0.655. The fourth-order valence-corrected chi connectivity index (χ4v) is 2.22. The molecule has 2 unspecified atom stereocenters. The lowest BCUT2D eigenvalue weighted by Crippen LogP contribution is -2.42. The van der Waals surface area contributed by atoms with Crippen LogP contribution in [0.15, 0.2) is 6.20 Å². The van der Waals surface area contributed by atoms with E-state index < -0.39 is 0 Å². The number of hydrogen-bond acceptors (Lipinski definition) is 3.